The lowest BCUT2D eigenvalue weighted by atomic mass is 10.2. The third kappa shape index (κ3) is 3.69. The van der Waals surface area contributed by atoms with Crippen LogP contribution in [0.5, 0.6) is 5.75 Å². The molecule has 0 bridgehead atoms. The molecule has 3 rings (SSSR count). The molecule has 0 radical (unpaired) electrons. The first-order valence-corrected chi connectivity index (χ1v) is 10.0. The van der Waals surface area contributed by atoms with Gasteiger partial charge in [0, 0.05) is 29.2 Å². The molecule has 0 fully saturated rings. The Morgan fingerprint density at radius 2 is 2.14 bits per heavy atom. The van der Waals surface area contributed by atoms with E-state index in [1.165, 1.54) is 0 Å². The van der Waals surface area contributed by atoms with Gasteiger partial charge in [-0.05, 0) is 53.5 Å². The number of methoxy groups -OCH3 is 1. The van der Waals surface area contributed by atoms with Crippen LogP contribution in [0.25, 0.3) is 11.0 Å². The minimum atomic E-state index is 0.325. The average molecular weight is 466 g/mol. The number of aldehydes is 1. The van der Waals surface area contributed by atoms with Crippen LogP contribution in [-0.4, -0.2) is 36.0 Å². The minimum Gasteiger partial charge on any atom is -0.495 e. The maximum Gasteiger partial charge on any atom is 0.208 e. The molecule has 6 nitrogen and oxygen atoms in total. The van der Waals surface area contributed by atoms with Gasteiger partial charge in [0.2, 0.25) is 5.95 Å². The molecule has 0 aliphatic carbocycles. The van der Waals surface area contributed by atoms with Gasteiger partial charge in [0.15, 0.2) is 0 Å². The third-order valence-corrected chi connectivity index (χ3v) is 5.55. The van der Waals surface area contributed by atoms with Crippen molar-refractivity contribution in [2.75, 3.05) is 30.4 Å². The molecular weight excluding hydrogens is 444 g/mol. The standard InChI is InChI=1S/C20H22BrClN4O2/c1-5-26(8-9-27)15-7-6-14(21)18-19(15)25(3)20(24-18)23-17-12(2)10-13(22)11-16(17)28-4/h6-7,9-11H,5,8H2,1-4H3,(H,23,24). The van der Waals surface area contributed by atoms with E-state index >= 15 is 0 Å². The number of hydrogen-bond donors (Lipinski definition) is 1. The highest BCUT2D eigenvalue weighted by atomic mass is 79.9. The lowest BCUT2D eigenvalue weighted by molar-refractivity contribution is -0.106. The highest BCUT2D eigenvalue weighted by Crippen LogP contribution is 2.37. The van der Waals surface area contributed by atoms with Crippen LogP contribution in [0.3, 0.4) is 0 Å². The summed E-state index contributed by atoms with van der Waals surface area (Å²) in [5.74, 6) is 1.31. The minimum absolute atomic E-state index is 0.325. The summed E-state index contributed by atoms with van der Waals surface area (Å²) in [6, 6.07) is 7.60. The second-order valence-electron chi connectivity index (χ2n) is 6.39. The first-order valence-electron chi connectivity index (χ1n) is 8.85. The van der Waals surface area contributed by atoms with E-state index in [1.54, 1.807) is 13.2 Å². The van der Waals surface area contributed by atoms with Gasteiger partial charge in [-0.25, -0.2) is 4.98 Å². The number of carbonyl (C=O) groups excluding carboxylic acids is 1. The summed E-state index contributed by atoms with van der Waals surface area (Å²) >= 11 is 9.74. The molecule has 1 N–H and O–H groups in total. The lowest BCUT2D eigenvalue weighted by Crippen LogP contribution is -2.25. The van der Waals surface area contributed by atoms with E-state index in [-0.39, 0.29) is 0 Å². The molecule has 2 aromatic carbocycles. The largest absolute Gasteiger partial charge is 0.495 e. The quantitative estimate of drug-likeness (QED) is 0.493. The number of fused-ring (bicyclic) bond motifs is 1. The van der Waals surface area contributed by atoms with Crippen molar-refractivity contribution < 1.29 is 9.53 Å². The number of anilines is 3. The number of rotatable bonds is 7. The number of ether oxygens (including phenoxy) is 1. The molecule has 28 heavy (non-hydrogen) atoms. The predicted molar refractivity (Wildman–Crippen MR) is 118 cm³/mol. The van der Waals surface area contributed by atoms with Crippen LogP contribution >= 0.6 is 27.5 Å². The number of hydrogen-bond acceptors (Lipinski definition) is 5. The molecule has 0 unspecified atom stereocenters. The Bertz CT molecular complexity index is 1030. The van der Waals surface area contributed by atoms with Crippen molar-refractivity contribution in [2.45, 2.75) is 13.8 Å². The number of nitrogens with zero attached hydrogens (tertiary/aromatic N) is 3. The van der Waals surface area contributed by atoms with Crippen molar-refractivity contribution in [3.8, 4) is 5.75 Å². The van der Waals surface area contributed by atoms with E-state index in [9.17, 15) is 4.79 Å². The predicted octanol–water partition coefficient (Wildman–Crippen LogP) is 5.08. The SMILES string of the molecule is CCN(CC=O)c1ccc(Br)c2nc(Nc3c(C)cc(Cl)cc3OC)n(C)c12. The Morgan fingerprint density at radius 3 is 2.79 bits per heavy atom. The van der Waals surface area contributed by atoms with E-state index in [2.05, 4.69) is 21.2 Å². The number of carbonyl (C=O) groups is 1. The molecule has 0 aliphatic heterocycles. The van der Waals surface area contributed by atoms with Crippen molar-refractivity contribution in [3.63, 3.8) is 0 Å². The fraction of sp³-hybridized carbons (Fsp3) is 0.300. The Morgan fingerprint density at radius 1 is 1.39 bits per heavy atom. The number of nitrogens with one attached hydrogen (secondary N) is 1. The maximum absolute atomic E-state index is 11.1. The number of aromatic nitrogens is 2. The van der Waals surface area contributed by atoms with Crippen molar-refractivity contribution in [1.82, 2.24) is 9.55 Å². The van der Waals surface area contributed by atoms with E-state index in [0.717, 1.165) is 38.7 Å². The second-order valence-corrected chi connectivity index (χ2v) is 7.68. The molecule has 0 saturated carbocycles. The molecule has 0 saturated heterocycles. The van der Waals surface area contributed by atoms with E-state index < -0.39 is 0 Å². The highest BCUT2D eigenvalue weighted by molar-refractivity contribution is 9.10. The molecule has 3 aromatic rings. The molecule has 1 aromatic heterocycles. The fourth-order valence-electron chi connectivity index (χ4n) is 3.27. The Balaban J connectivity index is 2.16. The Labute approximate surface area is 177 Å². The van der Waals surface area contributed by atoms with Crippen molar-refractivity contribution in [1.29, 1.82) is 0 Å². The van der Waals surface area contributed by atoms with Gasteiger partial charge in [-0.15, -0.1) is 0 Å². The van der Waals surface area contributed by atoms with E-state index in [4.69, 9.17) is 21.3 Å². The monoisotopic (exact) mass is 464 g/mol. The zero-order valence-corrected chi connectivity index (χ0v) is 18.6. The van der Waals surface area contributed by atoms with Gasteiger partial charge < -0.3 is 24.3 Å². The number of benzene rings is 2. The molecule has 8 heteroatoms. The molecule has 0 atom stereocenters. The maximum atomic E-state index is 11.1. The topological polar surface area (TPSA) is 59.4 Å². The number of aryl methyl sites for hydroxylation is 2. The summed E-state index contributed by atoms with van der Waals surface area (Å²) in [6.45, 7) is 5.03. The van der Waals surface area contributed by atoms with Crippen LogP contribution in [0.4, 0.5) is 17.3 Å². The Hall–Kier alpha value is -2.25. The van der Waals surface area contributed by atoms with Crippen LogP contribution in [0.1, 0.15) is 12.5 Å². The van der Waals surface area contributed by atoms with Crippen LogP contribution in [0, 0.1) is 6.92 Å². The van der Waals surface area contributed by atoms with Crippen molar-refractivity contribution in [3.05, 3.63) is 39.3 Å². The summed E-state index contributed by atoms with van der Waals surface area (Å²) in [6.07, 6.45) is 0.912. The summed E-state index contributed by atoms with van der Waals surface area (Å²) < 4.78 is 8.36. The second kappa shape index (κ2) is 8.41. The fourth-order valence-corrected chi connectivity index (χ4v) is 3.94. The molecular formula is C20H22BrClN4O2. The van der Waals surface area contributed by atoms with Gasteiger partial charge in [0.05, 0.1) is 30.5 Å². The molecule has 0 aliphatic rings. The van der Waals surface area contributed by atoms with Gasteiger partial charge >= 0.3 is 0 Å². The first kappa shape index (κ1) is 20.5. The summed E-state index contributed by atoms with van der Waals surface area (Å²) in [5.41, 5.74) is 4.47. The molecule has 0 spiro atoms. The molecule has 0 amide bonds. The third-order valence-electron chi connectivity index (χ3n) is 4.69. The van der Waals surface area contributed by atoms with Gasteiger partial charge in [0.1, 0.15) is 17.6 Å². The lowest BCUT2D eigenvalue weighted by Gasteiger charge is -2.22. The molecule has 1 heterocycles. The van der Waals surface area contributed by atoms with Crippen LogP contribution in [0.2, 0.25) is 5.02 Å². The van der Waals surface area contributed by atoms with Gasteiger partial charge in [-0.1, -0.05) is 11.6 Å². The summed E-state index contributed by atoms with van der Waals surface area (Å²) in [4.78, 5) is 17.9. The van der Waals surface area contributed by atoms with Gasteiger partial charge in [-0.3, -0.25) is 0 Å². The number of imidazole rings is 1. The van der Waals surface area contributed by atoms with E-state index in [0.29, 0.717) is 29.8 Å². The van der Waals surface area contributed by atoms with Crippen LogP contribution < -0.4 is 15.0 Å². The first-order chi connectivity index (χ1) is 13.4. The highest BCUT2D eigenvalue weighted by Gasteiger charge is 2.19. The van der Waals surface area contributed by atoms with Crippen molar-refractivity contribution >= 4 is 62.2 Å². The van der Waals surface area contributed by atoms with Crippen LogP contribution in [0.15, 0.2) is 28.7 Å². The average Bonchev–Trinajstić information content (AvgIpc) is 3.00. The summed E-state index contributed by atoms with van der Waals surface area (Å²) in [7, 11) is 3.55. The zero-order chi connectivity index (χ0) is 20.4. The normalized spacial score (nSPS) is 10.9. The van der Waals surface area contributed by atoms with E-state index in [1.807, 2.05) is 48.6 Å². The van der Waals surface area contributed by atoms with Gasteiger partial charge in [-0.2, -0.15) is 0 Å². The molecule has 148 valence electrons. The van der Waals surface area contributed by atoms with Crippen LogP contribution in [-0.2, 0) is 11.8 Å². The Kier molecular flexibility index (Phi) is 6.15. The number of likely N-dealkylation sites (N-methyl/N-ethyl adjacent to an activating group) is 1. The summed E-state index contributed by atoms with van der Waals surface area (Å²) in [5, 5.41) is 3.99. The van der Waals surface area contributed by atoms with Gasteiger partial charge in [0.25, 0.3) is 0 Å². The zero-order valence-electron chi connectivity index (χ0n) is 16.2. The number of halogens is 2. The van der Waals surface area contributed by atoms with Crippen molar-refractivity contribution in [2.24, 2.45) is 7.05 Å². The smallest absolute Gasteiger partial charge is 0.208 e.